The summed E-state index contributed by atoms with van der Waals surface area (Å²) in [5, 5.41) is 20.7. The van der Waals surface area contributed by atoms with E-state index in [0.29, 0.717) is 10.6 Å². The van der Waals surface area contributed by atoms with E-state index < -0.39 is 24.3 Å². The number of esters is 1. The van der Waals surface area contributed by atoms with Crippen molar-refractivity contribution in [2.45, 2.75) is 6.92 Å². The van der Waals surface area contributed by atoms with Crippen LogP contribution in [0.4, 0.5) is 5.69 Å². The number of hydrogen-bond acceptors (Lipinski definition) is 7. The lowest BCUT2D eigenvalue weighted by Gasteiger charge is -2.08. The van der Waals surface area contributed by atoms with Gasteiger partial charge in [0.1, 0.15) is 5.92 Å². The average molecular weight is 369 g/mol. The minimum absolute atomic E-state index is 0.0978. The molecule has 0 radical (unpaired) electrons. The Labute approximate surface area is 153 Å². The van der Waals surface area contributed by atoms with Gasteiger partial charge in [-0.3, -0.25) is 9.59 Å². The lowest BCUT2D eigenvalue weighted by molar-refractivity contribution is -0.122. The zero-order valence-corrected chi connectivity index (χ0v) is 14.6. The summed E-state index contributed by atoms with van der Waals surface area (Å²) in [7, 11) is 0. The maximum Gasteiger partial charge on any atom is 0.338 e. The van der Waals surface area contributed by atoms with Gasteiger partial charge in [0.2, 0.25) is 0 Å². The van der Waals surface area contributed by atoms with E-state index in [2.05, 4.69) is 5.32 Å². The van der Waals surface area contributed by atoms with Crippen LogP contribution in [-0.4, -0.2) is 30.0 Å². The van der Waals surface area contributed by atoms with Crippen LogP contribution in [0.5, 0.6) is 0 Å². The van der Waals surface area contributed by atoms with Gasteiger partial charge in [-0.25, -0.2) is 4.79 Å². The molecular weight excluding hydrogens is 354 g/mol. The molecule has 2 aromatic rings. The number of carbonyl (C=O) groups is 3. The molecule has 26 heavy (non-hydrogen) atoms. The highest BCUT2D eigenvalue weighted by molar-refractivity contribution is 7.12. The number of hydrogen-bond donors (Lipinski definition) is 2. The fourth-order valence-corrected chi connectivity index (χ4v) is 2.62. The van der Waals surface area contributed by atoms with Crippen molar-refractivity contribution < 1.29 is 19.1 Å². The fourth-order valence-electron chi connectivity index (χ4n) is 2.00. The smallest absolute Gasteiger partial charge is 0.338 e. The number of amides is 1. The van der Waals surface area contributed by atoms with Gasteiger partial charge in [-0.2, -0.15) is 5.26 Å². The van der Waals surface area contributed by atoms with Crippen molar-refractivity contribution >= 4 is 40.4 Å². The Morgan fingerprint density at radius 1 is 1.27 bits per heavy atom. The van der Waals surface area contributed by atoms with Crippen molar-refractivity contribution in [1.29, 1.82) is 10.7 Å². The summed E-state index contributed by atoms with van der Waals surface area (Å²) >= 11 is 1.32. The van der Waals surface area contributed by atoms with Gasteiger partial charge in [-0.1, -0.05) is 6.07 Å². The van der Waals surface area contributed by atoms with Crippen molar-refractivity contribution in [3.05, 3.63) is 52.2 Å². The number of Topliss-reactive ketones (excluding diaryl/α,β-unsaturated/α-hetero) is 1. The van der Waals surface area contributed by atoms with Crippen molar-refractivity contribution in [2.75, 3.05) is 11.9 Å². The van der Waals surface area contributed by atoms with Crippen LogP contribution in [0, 0.1) is 22.7 Å². The van der Waals surface area contributed by atoms with Crippen molar-refractivity contribution in [3.8, 4) is 6.07 Å². The highest BCUT2D eigenvalue weighted by atomic mass is 32.1. The predicted octanol–water partition coefficient (Wildman–Crippen LogP) is 2.91. The van der Waals surface area contributed by atoms with E-state index >= 15 is 0 Å². The van der Waals surface area contributed by atoms with Gasteiger partial charge in [-0.05, 0) is 42.6 Å². The topological polar surface area (TPSA) is 120 Å². The quantitative estimate of drug-likeness (QED) is 0.574. The summed E-state index contributed by atoms with van der Waals surface area (Å²) < 4.78 is 4.88. The van der Waals surface area contributed by atoms with E-state index in [1.807, 2.05) is 0 Å². The second-order valence-electron chi connectivity index (χ2n) is 5.30. The van der Waals surface area contributed by atoms with Crippen LogP contribution in [-0.2, 0) is 9.53 Å². The van der Waals surface area contributed by atoms with Crippen LogP contribution >= 0.6 is 11.3 Å². The van der Waals surface area contributed by atoms with E-state index in [-0.39, 0.29) is 17.2 Å². The number of anilines is 1. The largest absolute Gasteiger partial charge is 0.454 e. The van der Waals surface area contributed by atoms with Crippen LogP contribution in [0.25, 0.3) is 0 Å². The van der Waals surface area contributed by atoms with Gasteiger partial charge in [0.15, 0.2) is 12.4 Å². The number of rotatable bonds is 7. The second-order valence-corrected chi connectivity index (χ2v) is 6.24. The number of nitrogens with one attached hydrogen (secondary N) is 2. The number of nitrogens with zero attached hydrogens (tertiary/aromatic N) is 1. The molecule has 1 atom stereocenters. The third kappa shape index (κ3) is 4.84. The van der Waals surface area contributed by atoms with E-state index in [9.17, 15) is 14.4 Å². The molecule has 132 valence electrons. The summed E-state index contributed by atoms with van der Waals surface area (Å²) in [6.45, 7) is 0.765. The zero-order valence-electron chi connectivity index (χ0n) is 13.8. The number of benzene rings is 1. The molecule has 2 N–H and O–H groups in total. The molecule has 1 amide bonds. The van der Waals surface area contributed by atoms with Crippen molar-refractivity contribution in [1.82, 2.24) is 0 Å². The first-order valence-electron chi connectivity index (χ1n) is 7.51. The summed E-state index contributed by atoms with van der Waals surface area (Å²) in [6.07, 6.45) is 0. The van der Waals surface area contributed by atoms with Crippen LogP contribution in [0.15, 0.2) is 41.8 Å². The lowest BCUT2D eigenvalue weighted by atomic mass is 10.0. The monoisotopic (exact) mass is 369 g/mol. The molecular formula is C18H15N3O4S. The normalized spacial score (nSPS) is 11.1. The Morgan fingerprint density at radius 3 is 2.50 bits per heavy atom. The molecule has 1 heterocycles. The predicted molar refractivity (Wildman–Crippen MR) is 96.5 cm³/mol. The number of carbonyl (C=O) groups excluding carboxylic acids is 3. The van der Waals surface area contributed by atoms with Crippen LogP contribution < -0.4 is 5.32 Å². The first kappa shape index (κ1) is 19.0. The van der Waals surface area contributed by atoms with Crippen LogP contribution in [0.2, 0.25) is 0 Å². The van der Waals surface area contributed by atoms with Gasteiger partial charge in [-0.15, -0.1) is 11.3 Å². The number of thiophene rings is 1. The second kappa shape index (κ2) is 8.69. The SMILES string of the molecule is CC(=N)C(C#N)C(=O)COC(=O)c1ccc(NC(=O)c2cccs2)cc1. The summed E-state index contributed by atoms with van der Waals surface area (Å²) in [4.78, 5) is 36.2. The fraction of sp³-hybridized carbons (Fsp3) is 0.167. The third-order valence-corrected chi connectivity index (χ3v) is 4.22. The molecule has 1 unspecified atom stereocenters. The highest BCUT2D eigenvalue weighted by Crippen LogP contribution is 2.15. The minimum atomic E-state index is -1.21. The Morgan fingerprint density at radius 2 is 1.96 bits per heavy atom. The lowest BCUT2D eigenvalue weighted by Crippen LogP contribution is -2.25. The average Bonchev–Trinajstić information content (AvgIpc) is 3.15. The van der Waals surface area contributed by atoms with Gasteiger partial charge in [0.05, 0.1) is 16.5 Å². The Kier molecular flexibility index (Phi) is 6.36. The molecule has 8 heteroatoms. The maximum atomic E-state index is 12.0. The molecule has 0 aliphatic rings. The van der Waals surface area contributed by atoms with Gasteiger partial charge in [0, 0.05) is 11.4 Å². The molecule has 0 spiro atoms. The molecule has 1 aromatic heterocycles. The first-order valence-corrected chi connectivity index (χ1v) is 8.39. The summed E-state index contributed by atoms with van der Waals surface area (Å²) in [5.41, 5.74) is 0.617. The van der Waals surface area contributed by atoms with Crippen molar-refractivity contribution in [2.24, 2.45) is 5.92 Å². The minimum Gasteiger partial charge on any atom is -0.454 e. The van der Waals surface area contributed by atoms with Crippen molar-refractivity contribution in [3.63, 3.8) is 0 Å². The van der Waals surface area contributed by atoms with Gasteiger partial charge >= 0.3 is 5.97 Å². The molecule has 0 fully saturated rings. The van der Waals surface area contributed by atoms with Gasteiger partial charge in [0.25, 0.3) is 5.91 Å². The standard InChI is InChI=1S/C18H15N3O4S/c1-11(20)14(9-19)15(22)10-25-18(24)12-4-6-13(7-5-12)21-17(23)16-3-2-8-26-16/h2-8,14,20H,10H2,1H3,(H,21,23). The number of nitriles is 1. The van der Waals surface area contributed by atoms with E-state index in [0.717, 1.165) is 0 Å². The molecule has 2 rings (SSSR count). The molecule has 7 nitrogen and oxygen atoms in total. The zero-order chi connectivity index (χ0) is 19.1. The number of ether oxygens (including phenoxy) is 1. The molecule has 1 aromatic carbocycles. The Balaban J connectivity index is 1.92. The first-order chi connectivity index (χ1) is 12.4. The van der Waals surface area contributed by atoms with E-state index in [1.54, 1.807) is 35.7 Å². The van der Waals surface area contributed by atoms with E-state index in [1.165, 1.54) is 30.4 Å². The van der Waals surface area contributed by atoms with Crippen LogP contribution in [0.1, 0.15) is 27.0 Å². The summed E-state index contributed by atoms with van der Waals surface area (Å²) in [5.74, 6) is -2.83. The van der Waals surface area contributed by atoms with Gasteiger partial charge < -0.3 is 15.5 Å². The maximum absolute atomic E-state index is 12.0. The Hall–Kier alpha value is -3.31. The molecule has 0 bridgehead atoms. The third-order valence-electron chi connectivity index (χ3n) is 3.35. The Bertz CT molecular complexity index is 867. The van der Waals surface area contributed by atoms with Crippen LogP contribution in [0.3, 0.4) is 0 Å². The molecule has 0 saturated carbocycles. The molecule has 0 aliphatic heterocycles. The molecule has 0 saturated heterocycles. The number of ketones is 1. The summed E-state index contributed by atoms with van der Waals surface area (Å²) in [6, 6.07) is 11.2. The highest BCUT2D eigenvalue weighted by Gasteiger charge is 2.21. The van der Waals surface area contributed by atoms with E-state index in [4.69, 9.17) is 15.4 Å². The molecule has 0 aliphatic carbocycles.